The Bertz CT molecular complexity index is 493. The van der Waals surface area contributed by atoms with Crippen molar-refractivity contribution < 1.29 is 4.79 Å². The van der Waals surface area contributed by atoms with Gasteiger partial charge >= 0.3 is 0 Å². The molecular formula is C19H33N3O. The van der Waals surface area contributed by atoms with Crippen molar-refractivity contribution in [3.8, 4) is 0 Å². The second-order valence-corrected chi connectivity index (χ2v) is 6.48. The highest BCUT2D eigenvalue weighted by Gasteiger charge is 2.28. The van der Waals surface area contributed by atoms with Crippen LogP contribution < -0.4 is 11.1 Å². The molecule has 0 radical (unpaired) electrons. The quantitative estimate of drug-likeness (QED) is 0.678. The van der Waals surface area contributed by atoms with Crippen LogP contribution in [0.15, 0.2) is 18.2 Å². The van der Waals surface area contributed by atoms with Crippen LogP contribution >= 0.6 is 0 Å². The van der Waals surface area contributed by atoms with E-state index >= 15 is 0 Å². The lowest BCUT2D eigenvalue weighted by molar-refractivity contribution is -0.122. The molecule has 0 aromatic heterocycles. The summed E-state index contributed by atoms with van der Waals surface area (Å²) in [6.45, 7) is 12.5. The molecule has 130 valence electrons. The molecule has 1 atom stereocenters. The van der Waals surface area contributed by atoms with Crippen LogP contribution in [0.3, 0.4) is 0 Å². The van der Waals surface area contributed by atoms with Crippen molar-refractivity contribution >= 4 is 17.3 Å². The van der Waals surface area contributed by atoms with Crippen molar-refractivity contribution in [2.24, 2.45) is 5.92 Å². The van der Waals surface area contributed by atoms with Crippen molar-refractivity contribution in [2.45, 2.75) is 59.9 Å². The topological polar surface area (TPSA) is 58.4 Å². The number of anilines is 2. The number of nitrogens with zero attached hydrogens (tertiary/aromatic N) is 1. The summed E-state index contributed by atoms with van der Waals surface area (Å²) < 4.78 is 0. The fourth-order valence-electron chi connectivity index (χ4n) is 3.07. The van der Waals surface area contributed by atoms with E-state index in [-0.39, 0.29) is 17.9 Å². The first-order valence-electron chi connectivity index (χ1n) is 8.87. The molecule has 0 saturated heterocycles. The Kier molecular flexibility index (Phi) is 8.10. The molecule has 0 aliphatic carbocycles. The van der Waals surface area contributed by atoms with E-state index < -0.39 is 0 Å². The zero-order chi connectivity index (χ0) is 17.4. The summed E-state index contributed by atoms with van der Waals surface area (Å²) >= 11 is 0. The number of amides is 1. The van der Waals surface area contributed by atoms with Gasteiger partial charge in [0.05, 0.1) is 6.04 Å². The Labute approximate surface area is 141 Å². The predicted octanol–water partition coefficient (Wildman–Crippen LogP) is 3.92. The third-order valence-electron chi connectivity index (χ3n) is 4.11. The molecule has 4 nitrogen and oxygen atoms in total. The molecule has 1 aromatic carbocycles. The molecule has 1 aromatic rings. The van der Waals surface area contributed by atoms with E-state index in [4.69, 9.17) is 5.73 Å². The van der Waals surface area contributed by atoms with Crippen molar-refractivity contribution in [1.82, 2.24) is 4.90 Å². The number of nitrogens with two attached hydrogens (primary N) is 1. The molecule has 0 bridgehead atoms. The summed E-state index contributed by atoms with van der Waals surface area (Å²) in [4.78, 5) is 15.1. The van der Waals surface area contributed by atoms with Gasteiger partial charge in [-0.3, -0.25) is 9.69 Å². The highest BCUT2D eigenvalue weighted by atomic mass is 16.2. The predicted molar refractivity (Wildman–Crippen MR) is 99.6 cm³/mol. The molecule has 1 rings (SSSR count). The first-order chi connectivity index (χ1) is 10.9. The third-order valence-corrected chi connectivity index (χ3v) is 4.11. The fraction of sp³-hybridized carbons (Fsp3) is 0.632. The molecule has 0 saturated carbocycles. The van der Waals surface area contributed by atoms with Gasteiger partial charge in [-0.2, -0.15) is 0 Å². The number of nitrogens with one attached hydrogen (secondary N) is 1. The van der Waals surface area contributed by atoms with Gasteiger partial charge in [-0.25, -0.2) is 0 Å². The maximum atomic E-state index is 12.8. The Morgan fingerprint density at radius 3 is 2.22 bits per heavy atom. The molecule has 0 fully saturated rings. The van der Waals surface area contributed by atoms with Crippen LogP contribution in [0.2, 0.25) is 0 Å². The van der Waals surface area contributed by atoms with Crippen molar-refractivity contribution in [1.29, 1.82) is 0 Å². The van der Waals surface area contributed by atoms with Gasteiger partial charge in [0.2, 0.25) is 5.91 Å². The second kappa shape index (κ2) is 9.56. The average molecular weight is 319 g/mol. The standard InChI is InChI=1S/C19H33N3O/c1-6-11-22(12-7-2)18(14(4)5)19(23)21-16-10-9-15(8-3)17(20)13-16/h9-10,13-14,18H,6-8,11-12,20H2,1-5H3,(H,21,23). The van der Waals surface area contributed by atoms with Crippen LogP contribution in [-0.2, 0) is 11.2 Å². The molecule has 23 heavy (non-hydrogen) atoms. The lowest BCUT2D eigenvalue weighted by Crippen LogP contribution is -2.48. The second-order valence-electron chi connectivity index (χ2n) is 6.48. The van der Waals surface area contributed by atoms with Gasteiger partial charge in [0, 0.05) is 11.4 Å². The van der Waals surface area contributed by atoms with E-state index in [1.807, 2.05) is 18.2 Å². The minimum absolute atomic E-state index is 0.0607. The zero-order valence-electron chi connectivity index (χ0n) is 15.4. The monoisotopic (exact) mass is 319 g/mol. The van der Waals surface area contributed by atoms with Crippen molar-refractivity contribution in [3.63, 3.8) is 0 Å². The molecule has 1 amide bonds. The number of aryl methyl sites for hydroxylation is 1. The largest absolute Gasteiger partial charge is 0.398 e. The van der Waals surface area contributed by atoms with Crippen LogP contribution in [0.4, 0.5) is 11.4 Å². The normalized spacial score (nSPS) is 12.7. The molecule has 1 unspecified atom stereocenters. The minimum Gasteiger partial charge on any atom is -0.398 e. The summed E-state index contributed by atoms with van der Waals surface area (Å²) in [5, 5.41) is 3.05. The average Bonchev–Trinajstić information content (AvgIpc) is 2.47. The number of hydrogen-bond acceptors (Lipinski definition) is 3. The van der Waals surface area contributed by atoms with Crippen molar-refractivity contribution in [2.75, 3.05) is 24.1 Å². The van der Waals surface area contributed by atoms with Crippen LogP contribution in [0.1, 0.15) is 53.0 Å². The van der Waals surface area contributed by atoms with Gasteiger partial charge in [-0.1, -0.05) is 40.7 Å². The smallest absolute Gasteiger partial charge is 0.241 e. The van der Waals surface area contributed by atoms with Crippen LogP contribution in [0.5, 0.6) is 0 Å². The minimum atomic E-state index is -0.109. The van der Waals surface area contributed by atoms with E-state index in [1.165, 1.54) is 0 Å². The highest BCUT2D eigenvalue weighted by molar-refractivity contribution is 5.95. The van der Waals surface area contributed by atoms with Crippen LogP contribution in [0, 0.1) is 5.92 Å². The van der Waals surface area contributed by atoms with Gasteiger partial charge in [-0.15, -0.1) is 0 Å². The van der Waals surface area contributed by atoms with E-state index in [0.717, 1.165) is 49.3 Å². The molecule has 0 spiro atoms. The number of carbonyl (C=O) groups excluding carboxylic acids is 1. The summed E-state index contributed by atoms with van der Waals surface area (Å²) in [6.07, 6.45) is 3.00. The number of carbonyl (C=O) groups is 1. The maximum absolute atomic E-state index is 12.8. The summed E-state index contributed by atoms with van der Waals surface area (Å²) in [7, 11) is 0. The lowest BCUT2D eigenvalue weighted by Gasteiger charge is -2.33. The Morgan fingerprint density at radius 2 is 1.78 bits per heavy atom. The van der Waals surface area contributed by atoms with Gasteiger partial charge < -0.3 is 11.1 Å². The van der Waals surface area contributed by atoms with Gasteiger partial charge in [0.15, 0.2) is 0 Å². The van der Waals surface area contributed by atoms with E-state index in [0.29, 0.717) is 0 Å². The Morgan fingerprint density at radius 1 is 1.17 bits per heavy atom. The SMILES string of the molecule is CCCN(CCC)C(C(=O)Nc1ccc(CC)c(N)c1)C(C)C. The highest BCUT2D eigenvalue weighted by Crippen LogP contribution is 2.20. The van der Waals surface area contributed by atoms with Crippen molar-refractivity contribution in [3.05, 3.63) is 23.8 Å². The fourth-order valence-corrected chi connectivity index (χ4v) is 3.07. The van der Waals surface area contributed by atoms with Crippen LogP contribution in [0.25, 0.3) is 0 Å². The summed E-state index contributed by atoms with van der Waals surface area (Å²) in [6, 6.07) is 5.68. The summed E-state index contributed by atoms with van der Waals surface area (Å²) in [5.74, 6) is 0.325. The van der Waals surface area contributed by atoms with E-state index in [9.17, 15) is 4.79 Å². The number of rotatable bonds is 9. The zero-order valence-corrected chi connectivity index (χ0v) is 15.4. The molecule has 3 N–H and O–H groups in total. The Balaban J connectivity index is 2.91. The maximum Gasteiger partial charge on any atom is 0.241 e. The number of benzene rings is 1. The number of hydrogen-bond donors (Lipinski definition) is 2. The van der Waals surface area contributed by atoms with Gasteiger partial charge in [0.1, 0.15) is 0 Å². The van der Waals surface area contributed by atoms with Gasteiger partial charge in [0.25, 0.3) is 0 Å². The first kappa shape index (κ1) is 19.5. The number of nitrogen functional groups attached to an aromatic ring is 1. The van der Waals surface area contributed by atoms with Gasteiger partial charge in [-0.05, 0) is 56.0 Å². The molecule has 0 aliphatic heterocycles. The Hall–Kier alpha value is -1.55. The van der Waals surface area contributed by atoms with Crippen LogP contribution in [-0.4, -0.2) is 29.9 Å². The first-order valence-corrected chi connectivity index (χ1v) is 8.87. The summed E-state index contributed by atoms with van der Waals surface area (Å²) in [5.41, 5.74) is 8.67. The lowest BCUT2D eigenvalue weighted by atomic mass is 10.0. The molecule has 0 aliphatic rings. The molecule has 4 heteroatoms. The molecular weight excluding hydrogens is 286 g/mol. The third kappa shape index (κ3) is 5.54. The van der Waals surface area contributed by atoms with E-state index in [1.54, 1.807) is 0 Å². The molecule has 0 heterocycles. The van der Waals surface area contributed by atoms with E-state index in [2.05, 4.69) is 44.8 Å².